The van der Waals surface area contributed by atoms with Crippen LogP contribution in [0.4, 0.5) is 5.69 Å². The topological polar surface area (TPSA) is 70.7 Å². The molecule has 0 spiro atoms. The van der Waals surface area contributed by atoms with Gasteiger partial charge in [-0.3, -0.25) is 14.5 Å². The predicted molar refractivity (Wildman–Crippen MR) is 114 cm³/mol. The standard InChI is InChI=1S/C22H26ClN3O3/c1-16-18(23)9-5-10-19(16)25-22(28)21(27)24-11-6-12-26-13-14-29-20(15-26)17-7-3-2-4-8-17/h2-5,7-10,20H,6,11-15H2,1H3,(H,24,27)(H,25,28). The Kier molecular flexibility index (Phi) is 7.63. The molecule has 1 saturated heterocycles. The zero-order valence-electron chi connectivity index (χ0n) is 16.5. The Morgan fingerprint density at radius 1 is 1.14 bits per heavy atom. The molecule has 2 amide bonds. The summed E-state index contributed by atoms with van der Waals surface area (Å²) in [6.45, 7) is 5.45. The molecule has 1 unspecified atom stereocenters. The Morgan fingerprint density at radius 2 is 1.93 bits per heavy atom. The molecule has 1 aliphatic rings. The molecule has 1 aliphatic heterocycles. The maximum absolute atomic E-state index is 12.1. The van der Waals surface area contributed by atoms with Crippen molar-refractivity contribution in [3.8, 4) is 0 Å². The molecule has 2 aromatic carbocycles. The fraction of sp³-hybridized carbons (Fsp3) is 0.364. The van der Waals surface area contributed by atoms with E-state index in [1.807, 2.05) is 18.2 Å². The van der Waals surface area contributed by atoms with Crippen LogP contribution in [0.1, 0.15) is 23.7 Å². The lowest BCUT2D eigenvalue weighted by atomic mass is 10.1. The van der Waals surface area contributed by atoms with Crippen LogP contribution in [-0.4, -0.2) is 49.5 Å². The Balaban J connectivity index is 1.39. The number of ether oxygens (including phenoxy) is 1. The second kappa shape index (κ2) is 10.4. The first kappa shape index (κ1) is 21.3. The van der Waals surface area contributed by atoms with Gasteiger partial charge in [0.1, 0.15) is 0 Å². The molecule has 1 fully saturated rings. The average molecular weight is 416 g/mol. The van der Waals surface area contributed by atoms with Crippen LogP contribution in [-0.2, 0) is 14.3 Å². The maximum atomic E-state index is 12.1. The van der Waals surface area contributed by atoms with E-state index in [4.69, 9.17) is 16.3 Å². The molecule has 0 aliphatic carbocycles. The number of carbonyl (C=O) groups excluding carboxylic acids is 2. The van der Waals surface area contributed by atoms with Crippen LogP contribution >= 0.6 is 11.6 Å². The monoisotopic (exact) mass is 415 g/mol. The minimum atomic E-state index is -0.689. The van der Waals surface area contributed by atoms with Gasteiger partial charge in [0, 0.05) is 36.9 Å². The van der Waals surface area contributed by atoms with Crippen molar-refractivity contribution in [2.75, 3.05) is 38.1 Å². The van der Waals surface area contributed by atoms with E-state index < -0.39 is 11.8 Å². The number of rotatable bonds is 6. The molecule has 0 aromatic heterocycles. The summed E-state index contributed by atoms with van der Waals surface area (Å²) in [6.07, 6.45) is 0.836. The molecular formula is C22H26ClN3O3. The number of nitrogens with zero attached hydrogens (tertiary/aromatic N) is 1. The normalized spacial score (nSPS) is 17.0. The number of anilines is 1. The smallest absolute Gasteiger partial charge is 0.313 e. The Labute approximate surface area is 176 Å². The van der Waals surface area contributed by atoms with Crippen molar-refractivity contribution < 1.29 is 14.3 Å². The Morgan fingerprint density at radius 3 is 2.72 bits per heavy atom. The number of amides is 2. The van der Waals surface area contributed by atoms with Crippen molar-refractivity contribution in [2.24, 2.45) is 0 Å². The second-order valence-corrected chi connectivity index (χ2v) is 7.45. The molecule has 1 heterocycles. The number of hydrogen-bond acceptors (Lipinski definition) is 4. The van der Waals surface area contributed by atoms with Crippen LogP contribution in [0.2, 0.25) is 5.02 Å². The van der Waals surface area contributed by atoms with E-state index in [0.29, 0.717) is 23.9 Å². The van der Waals surface area contributed by atoms with Crippen LogP contribution in [0.25, 0.3) is 0 Å². The predicted octanol–water partition coefficient (Wildman–Crippen LogP) is 3.17. The number of halogens is 1. The first-order chi connectivity index (χ1) is 14.0. The van der Waals surface area contributed by atoms with Gasteiger partial charge in [-0.25, -0.2) is 0 Å². The van der Waals surface area contributed by atoms with E-state index in [0.717, 1.165) is 31.6 Å². The molecule has 2 N–H and O–H groups in total. The zero-order valence-corrected chi connectivity index (χ0v) is 17.2. The fourth-order valence-electron chi connectivity index (χ4n) is 3.28. The van der Waals surface area contributed by atoms with E-state index >= 15 is 0 Å². The first-order valence-corrected chi connectivity index (χ1v) is 10.2. The number of benzene rings is 2. The second-order valence-electron chi connectivity index (χ2n) is 7.05. The van der Waals surface area contributed by atoms with E-state index in [1.165, 1.54) is 5.56 Å². The van der Waals surface area contributed by atoms with Gasteiger partial charge >= 0.3 is 11.8 Å². The lowest BCUT2D eigenvalue weighted by Crippen LogP contribution is -2.41. The van der Waals surface area contributed by atoms with E-state index in [9.17, 15) is 9.59 Å². The summed E-state index contributed by atoms with van der Waals surface area (Å²) in [6, 6.07) is 15.4. The van der Waals surface area contributed by atoms with Gasteiger partial charge in [-0.2, -0.15) is 0 Å². The minimum absolute atomic E-state index is 0.0752. The summed E-state index contributed by atoms with van der Waals surface area (Å²) in [5.41, 5.74) is 2.45. The third-order valence-electron chi connectivity index (χ3n) is 4.98. The van der Waals surface area contributed by atoms with E-state index in [1.54, 1.807) is 25.1 Å². The highest BCUT2D eigenvalue weighted by Crippen LogP contribution is 2.23. The molecule has 7 heteroatoms. The van der Waals surface area contributed by atoms with E-state index in [2.05, 4.69) is 27.7 Å². The molecular weight excluding hydrogens is 390 g/mol. The fourth-order valence-corrected chi connectivity index (χ4v) is 3.46. The summed E-state index contributed by atoms with van der Waals surface area (Å²) in [5, 5.41) is 5.82. The maximum Gasteiger partial charge on any atom is 0.313 e. The highest BCUT2D eigenvalue weighted by Gasteiger charge is 2.21. The highest BCUT2D eigenvalue weighted by molar-refractivity contribution is 6.40. The summed E-state index contributed by atoms with van der Waals surface area (Å²) < 4.78 is 5.87. The number of hydrogen-bond donors (Lipinski definition) is 2. The van der Waals surface area contributed by atoms with Crippen LogP contribution in [0, 0.1) is 6.92 Å². The lowest BCUT2D eigenvalue weighted by Gasteiger charge is -2.33. The summed E-state index contributed by atoms with van der Waals surface area (Å²) in [4.78, 5) is 26.4. The molecule has 2 aromatic rings. The van der Waals surface area contributed by atoms with Gasteiger partial charge in [0.2, 0.25) is 0 Å². The van der Waals surface area contributed by atoms with Crippen molar-refractivity contribution in [1.29, 1.82) is 0 Å². The van der Waals surface area contributed by atoms with Crippen molar-refractivity contribution >= 4 is 29.1 Å². The van der Waals surface area contributed by atoms with Gasteiger partial charge in [-0.15, -0.1) is 0 Å². The average Bonchev–Trinajstić information content (AvgIpc) is 2.75. The zero-order chi connectivity index (χ0) is 20.6. The third-order valence-corrected chi connectivity index (χ3v) is 5.39. The van der Waals surface area contributed by atoms with E-state index in [-0.39, 0.29) is 6.10 Å². The summed E-state index contributed by atoms with van der Waals surface area (Å²) >= 11 is 6.04. The molecule has 1 atom stereocenters. The van der Waals surface area contributed by atoms with Gasteiger partial charge < -0.3 is 15.4 Å². The van der Waals surface area contributed by atoms with Gasteiger partial charge in [0.25, 0.3) is 0 Å². The SMILES string of the molecule is Cc1c(Cl)cccc1NC(=O)C(=O)NCCCN1CCOC(c2ccccc2)C1. The highest BCUT2D eigenvalue weighted by atomic mass is 35.5. The van der Waals surface area contributed by atoms with Crippen LogP contribution < -0.4 is 10.6 Å². The number of morpholine rings is 1. The lowest BCUT2D eigenvalue weighted by molar-refractivity contribution is -0.136. The van der Waals surface area contributed by atoms with Gasteiger partial charge in [0.15, 0.2) is 0 Å². The van der Waals surface area contributed by atoms with Gasteiger partial charge in [-0.05, 0) is 36.6 Å². The molecule has 0 saturated carbocycles. The van der Waals surface area contributed by atoms with Crippen molar-refractivity contribution in [3.05, 3.63) is 64.7 Å². The van der Waals surface area contributed by atoms with Crippen molar-refractivity contribution in [1.82, 2.24) is 10.2 Å². The Bertz CT molecular complexity index is 844. The Hall–Kier alpha value is -2.41. The molecule has 3 rings (SSSR count). The molecule has 6 nitrogen and oxygen atoms in total. The molecule has 29 heavy (non-hydrogen) atoms. The minimum Gasteiger partial charge on any atom is -0.371 e. The van der Waals surface area contributed by atoms with Crippen molar-refractivity contribution in [2.45, 2.75) is 19.4 Å². The van der Waals surface area contributed by atoms with Gasteiger partial charge in [-0.1, -0.05) is 48.0 Å². The molecule has 0 bridgehead atoms. The molecule has 0 radical (unpaired) electrons. The van der Waals surface area contributed by atoms with Crippen LogP contribution in [0.5, 0.6) is 0 Å². The third kappa shape index (κ3) is 6.03. The quantitative estimate of drug-likeness (QED) is 0.561. The number of carbonyl (C=O) groups is 2. The van der Waals surface area contributed by atoms with Crippen molar-refractivity contribution in [3.63, 3.8) is 0 Å². The summed E-state index contributed by atoms with van der Waals surface area (Å²) in [7, 11) is 0. The van der Waals surface area contributed by atoms with Crippen LogP contribution in [0.3, 0.4) is 0 Å². The van der Waals surface area contributed by atoms with Crippen LogP contribution in [0.15, 0.2) is 48.5 Å². The number of nitrogens with one attached hydrogen (secondary N) is 2. The summed E-state index contributed by atoms with van der Waals surface area (Å²) in [5.74, 6) is -1.33. The largest absolute Gasteiger partial charge is 0.371 e. The molecule has 154 valence electrons. The van der Waals surface area contributed by atoms with Gasteiger partial charge in [0.05, 0.1) is 12.7 Å². The first-order valence-electron chi connectivity index (χ1n) is 9.78.